The number of rotatable bonds is 3. The Morgan fingerprint density at radius 3 is 2.50 bits per heavy atom. The van der Waals surface area contributed by atoms with Crippen LogP contribution in [0.1, 0.15) is 17.3 Å². The van der Waals surface area contributed by atoms with Gasteiger partial charge in [0.1, 0.15) is 0 Å². The van der Waals surface area contributed by atoms with Crippen LogP contribution >= 0.6 is 23.8 Å². The van der Waals surface area contributed by atoms with E-state index in [1.165, 1.54) is 12.1 Å². The molecule has 1 aromatic heterocycles. The fourth-order valence-corrected chi connectivity index (χ4v) is 3.90. The van der Waals surface area contributed by atoms with Crippen molar-refractivity contribution in [2.24, 2.45) is 0 Å². The number of hydrogen-bond donors (Lipinski definition) is 1. The molecular weight excluding hydrogens is 396 g/mol. The average molecular weight is 413 g/mol. The lowest BCUT2D eigenvalue weighted by Gasteiger charge is -2.39. The predicted molar refractivity (Wildman–Crippen MR) is 114 cm³/mol. The molecule has 0 unspecified atom stereocenters. The summed E-state index contributed by atoms with van der Waals surface area (Å²) in [5, 5.41) is 15.5. The van der Waals surface area contributed by atoms with Crippen molar-refractivity contribution >= 4 is 40.3 Å². The average Bonchev–Trinajstić information content (AvgIpc) is 3.18. The van der Waals surface area contributed by atoms with Crippen molar-refractivity contribution in [3.05, 3.63) is 93.3 Å². The first-order chi connectivity index (χ1) is 13.5. The quantitative estimate of drug-likeness (QED) is 0.378. The lowest BCUT2D eigenvalue weighted by molar-refractivity contribution is -0.384. The first kappa shape index (κ1) is 18.5. The zero-order valence-corrected chi connectivity index (χ0v) is 16.4. The maximum absolute atomic E-state index is 11.0. The molecular formula is C20H17ClN4O2S. The largest absolute Gasteiger partial charge is 0.348 e. The van der Waals surface area contributed by atoms with Crippen LogP contribution in [0, 0.1) is 10.1 Å². The molecule has 0 fully saturated rings. The maximum Gasteiger partial charge on any atom is 0.269 e. The van der Waals surface area contributed by atoms with Crippen LogP contribution in [-0.2, 0) is 6.54 Å². The van der Waals surface area contributed by atoms with Gasteiger partial charge >= 0.3 is 0 Å². The van der Waals surface area contributed by atoms with Crippen LogP contribution in [0.4, 0.5) is 11.4 Å². The molecule has 0 saturated heterocycles. The van der Waals surface area contributed by atoms with Crippen LogP contribution in [0.3, 0.4) is 0 Å². The summed E-state index contributed by atoms with van der Waals surface area (Å²) >= 11 is 11.7. The Kier molecular flexibility index (Phi) is 5.02. The normalized spacial score (nSPS) is 15.8. The third-order valence-electron chi connectivity index (χ3n) is 4.81. The van der Waals surface area contributed by atoms with Gasteiger partial charge in [0, 0.05) is 47.8 Å². The highest BCUT2D eigenvalue weighted by Gasteiger charge is 2.30. The third kappa shape index (κ3) is 3.58. The van der Waals surface area contributed by atoms with E-state index < -0.39 is 4.92 Å². The Morgan fingerprint density at radius 2 is 1.82 bits per heavy atom. The zero-order chi connectivity index (χ0) is 19.7. The second-order valence-electron chi connectivity index (χ2n) is 6.51. The number of aromatic nitrogens is 1. The van der Waals surface area contributed by atoms with E-state index in [2.05, 4.69) is 20.9 Å². The van der Waals surface area contributed by atoms with E-state index in [0.717, 1.165) is 30.0 Å². The second-order valence-corrected chi connectivity index (χ2v) is 7.33. The summed E-state index contributed by atoms with van der Waals surface area (Å²) in [6.45, 7) is 1.54. The lowest BCUT2D eigenvalue weighted by Crippen LogP contribution is -2.44. The SMILES string of the molecule is O=[N+]([O-])c1ccc([C@H]2c3cccn3CCN2C(=S)Nc2ccc(Cl)cc2)cc1. The molecule has 142 valence electrons. The highest BCUT2D eigenvalue weighted by atomic mass is 35.5. The molecule has 1 N–H and O–H groups in total. The highest BCUT2D eigenvalue weighted by molar-refractivity contribution is 7.80. The van der Waals surface area contributed by atoms with Gasteiger partial charge < -0.3 is 14.8 Å². The van der Waals surface area contributed by atoms with Gasteiger partial charge in [-0.2, -0.15) is 0 Å². The van der Waals surface area contributed by atoms with Gasteiger partial charge in [0.25, 0.3) is 5.69 Å². The lowest BCUT2D eigenvalue weighted by atomic mass is 10.00. The first-order valence-corrected chi connectivity index (χ1v) is 9.54. The van der Waals surface area contributed by atoms with Gasteiger partial charge in [-0.25, -0.2) is 0 Å². The number of fused-ring (bicyclic) bond motifs is 1. The van der Waals surface area contributed by atoms with Crippen LogP contribution in [0.15, 0.2) is 66.9 Å². The summed E-state index contributed by atoms with van der Waals surface area (Å²) in [7, 11) is 0. The number of hydrogen-bond acceptors (Lipinski definition) is 3. The summed E-state index contributed by atoms with van der Waals surface area (Å²) in [5.41, 5.74) is 2.98. The molecule has 28 heavy (non-hydrogen) atoms. The number of benzene rings is 2. The molecule has 6 nitrogen and oxygen atoms in total. The minimum atomic E-state index is -0.391. The van der Waals surface area contributed by atoms with Crippen molar-refractivity contribution in [3.8, 4) is 0 Å². The number of nitrogens with one attached hydrogen (secondary N) is 1. The molecule has 1 aliphatic rings. The number of halogens is 1. The Balaban J connectivity index is 1.66. The predicted octanol–water partition coefficient (Wildman–Crippen LogP) is 4.85. The molecule has 0 bridgehead atoms. The Hall–Kier alpha value is -2.90. The molecule has 0 saturated carbocycles. The Bertz CT molecular complexity index is 1020. The molecule has 8 heteroatoms. The van der Waals surface area contributed by atoms with Gasteiger partial charge in [0.05, 0.1) is 11.0 Å². The summed E-state index contributed by atoms with van der Waals surface area (Å²) in [6.07, 6.45) is 2.04. The van der Waals surface area contributed by atoms with E-state index in [1.807, 2.05) is 36.5 Å². The number of thiocarbonyl (C=S) groups is 1. The van der Waals surface area contributed by atoms with Crippen LogP contribution < -0.4 is 5.32 Å². The molecule has 4 rings (SSSR count). The van der Waals surface area contributed by atoms with Crippen LogP contribution in [0.2, 0.25) is 5.02 Å². The third-order valence-corrected chi connectivity index (χ3v) is 5.40. The molecule has 0 aliphatic carbocycles. The molecule has 1 atom stereocenters. The number of non-ortho nitro benzene ring substituents is 1. The van der Waals surface area contributed by atoms with E-state index in [4.69, 9.17) is 23.8 Å². The molecule has 1 aliphatic heterocycles. The van der Waals surface area contributed by atoms with Crippen LogP contribution in [0.25, 0.3) is 0 Å². The van der Waals surface area contributed by atoms with Gasteiger partial charge in [-0.15, -0.1) is 0 Å². The minimum absolute atomic E-state index is 0.0726. The number of nitro groups is 1. The zero-order valence-electron chi connectivity index (χ0n) is 14.8. The molecule has 2 aromatic carbocycles. The molecule has 0 spiro atoms. The highest BCUT2D eigenvalue weighted by Crippen LogP contribution is 2.33. The molecule has 0 radical (unpaired) electrons. The van der Waals surface area contributed by atoms with E-state index in [9.17, 15) is 10.1 Å². The van der Waals surface area contributed by atoms with Gasteiger partial charge in [0.2, 0.25) is 0 Å². The van der Waals surface area contributed by atoms with Gasteiger partial charge in [-0.3, -0.25) is 10.1 Å². The van der Waals surface area contributed by atoms with Crippen molar-refractivity contribution in [2.75, 3.05) is 11.9 Å². The maximum atomic E-state index is 11.0. The van der Waals surface area contributed by atoms with Crippen molar-refractivity contribution in [3.63, 3.8) is 0 Å². The van der Waals surface area contributed by atoms with Crippen molar-refractivity contribution < 1.29 is 4.92 Å². The standard InChI is InChI=1S/C20H17ClN4O2S/c21-15-5-7-16(8-6-15)22-20(28)24-13-12-23-11-1-2-18(23)19(24)14-3-9-17(10-4-14)25(26)27/h1-11,19H,12-13H2,(H,22,28)/t19-/m0/s1. The summed E-state index contributed by atoms with van der Waals surface area (Å²) in [4.78, 5) is 12.7. The Labute approximate surface area is 172 Å². The van der Waals surface area contributed by atoms with E-state index >= 15 is 0 Å². The Morgan fingerprint density at radius 1 is 1.11 bits per heavy atom. The summed E-state index contributed by atoms with van der Waals surface area (Å²) < 4.78 is 2.19. The second kappa shape index (κ2) is 7.61. The van der Waals surface area contributed by atoms with Gasteiger partial charge in [-0.05, 0) is 66.3 Å². The van der Waals surface area contributed by atoms with E-state index in [1.54, 1.807) is 12.1 Å². The fourth-order valence-electron chi connectivity index (χ4n) is 3.46. The number of anilines is 1. The topological polar surface area (TPSA) is 63.3 Å². The van der Waals surface area contributed by atoms with Crippen LogP contribution in [0.5, 0.6) is 0 Å². The fraction of sp³-hybridized carbons (Fsp3) is 0.150. The van der Waals surface area contributed by atoms with Crippen molar-refractivity contribution in [2.45, 2.75) is 12.6 Å². The first-order valence-electron chi connectivity index (χ1n) is 8.75. The van der Waals surface area contributed by atoms with E-state index in [0.29, 0.717) is 10.1 Å². The number of nitro benzene ring substituents is 1. The monoisotopic (exact) mass is 412 g/mol. The molecule has 2 heterocycles. The summed E-state index contributed by atoms with van der Waals surface area (Å²) in [5.74, 6) is 0. The van der Waals surface area contributed by atoms with Crippen molar-refractivity contribution in [1.82, 2.24) is 9.47 Å². The summed E-state index contributed by atoms with van der Waals surface area (Å²) in [6, 6.07) is 18.0. The number of nitrogens with zero attached hydrogens (tertiary/aromatic N) is 3. The molecule has 3 aromatic rings. The smallest absolute Gasteiger partial charge is 0.269 e. The van der Waals surface area contributed by atoms with Crippen molar-refractivity contribution in [1.29, 1.82) is 0 Å². The van der Waals surface area contributed by atoms with Gasteiger partial charge in [-0.1, -0.05) is 11.6 Å². The van der Waals surface area contributed by atoms with Crippen LogP contribution in [-0.4, -0.2) is 26.0 Å². The minimum Gasteiger partial charge on any atom is -0.348 e. The molecule has 0 amide bonds. The van der Waals surface area contributed by atoms with E-state index in [-0.39, 0.29) is 11.7 Å². The van der Waals surface area contributed by atoms with Gasteiger partial charge in [0.15, 0.2) is 5.11 Å².